The summed E-state index contributed by atoms with van der Waals surface area (Å²) in [5.74, 6) is 1.61. The van der Waals surface area contributed by atoms with Gasteiger partial charge in [0, 0.05) is 27.2 Å². The molecule has 7 nitrogen and oxygen atoms in total. The average Bonchev–Trinajstić information content (AvgIpc) is 2.42. The molecule has 0 bridgehead atoms. The van der Waals surface area contributed by atoms with Gasteiger partial charge in [0.1, 0.15) is 0 Å². The smallest absolute Gasteiger partial charge is 0.231 e. The van der Waals surface area contributed by atoms with Crippen LogP contribution in [0.5, 0.6) is 0 Å². The molecule has 1 aromatic heterocycles. The molecule has 1 rings (SSSR count). The van der Waals surface area contributed by atoms with E-state index in [0.29, 0.717) is 30.8 Å². The first kappa shape index (κ1) is 15.4. The molecule has 0 saturated carbocycles. The fourth-order valence-corrected chi connectivity index (χ4v) is 1.31. The van der Waals surface area contributed by atoms with Crippen LogP contribution in [0.1, 0.15) is 26.7 Å². The Morgan fingerprint density at radius 1 is 1.11 bits per heavy atom. The standard InChI is InChI=1S/C12H24N6O/c1-5-7-13-10-15-11(14-8-9(19)6-2)17-12(16-10)18(3)4/h9,19H,5-8H2,1-4H3,(H2,13,14,15,16,17). The van der Waals surface area contributed by atoms with Crippen LogP contribution in [0.4, 0.5) is 17.8 Å². The second-order valence-corrected chi connectivity index (χ2v) is 4.55. The second-order valence-electron chi connectivity index (χ2n) is 4.55. The van der Waals surface area contributed by atoms with Crippen LogP contribution in [0.15, 0.2) is 0 Å². The monoisotopic (exact) mass is 268 g/mol. The lowest BCUT2D eigenvalue weighted by atomic mass is 10.3. The third kappa shape index (κ3) is 5.25. The average molecular weight is 268 g/mol. The Morgan fingerprint density at radius 3 is 2.26 bits per heavy atom. The van der Waals surface area contributed by atoms with Crippen LogP contribution >= 0.6 is 0 Å². The van der Waals surface area contributed by atoms with Crippen LogP contribution in [0.2, 0.25) is 0 Å². The Morgan fingerprint density at radius 2 is 1.74 bits per heavy atom. The van der Waals surface area contributed by atoms with Gasteiger partial charge in [-0.1, -0.05) is 13.8 Å². The molecule has 7 heteroatoms. The third-order valence-electron chi connectivity index (χ3n) is 2.52. The summed E-state index contributed by atoms with van der Waals surface area (Å²) in [6.45, 7) is 5.26. The van der Waals surface area contributed by atoms with Crippen molar-refractivity contribution in [1.29, 1.82) is 0 Å². The number of nitrogens with one attached hydrogen (secondary N) is 2. The fourth-order valence-electron chi connectivity index (χ4n) is 1.31. The Balaban J connectivity index is 2.80. The van der Waals surface area contributed by atoms with Crippen molar-refractivity contribution in [3.05, 3.63) is 0 Å². The van der Waals surface area contributed by atoms with Crippen molar-refractivity contribution >= 4 is 17.8 Å². The highest BCUT2D eigenvalue weighted by Crippen LogP contribution is 2.11. The van der Waals surface area contributed by atoms with Crippen molar-refractivity contribution in [2.24, 2.45) is 0 Å². The highest BCUT2D eigenvalue weighted by molar-refractivity contribution is 5.42. The number of anilines is 3. The SMILES string of the molecule is CCCNc1nc(NCC(O)CC)nc(N(C)C)n1. The van der Waals surface area contributed by atoms with Crippen molar-refractivity contribution in [3.8, 4) is 0 Å². The summed E-state index contributed by atoms with van der Waals surface area (Å²) in [6, 6.07) is 0. The summed E-state index contributed by atoms with van der Waals surface area (Å²) in [5, 5.41) is 15.7. The summed E-state index contributed by atoms with van der Waals surface area (Å²) >= 11 is 0. The van der Waals surface area contributed by atoms with Gasteiger partial charge in [0.25, 0.3) is 0 Å². The summed E-state index contributed by atoms with van der Waals surface area (Å²) in [4.78, 5) is 14.7. The van der Waals surface area contributed by atoms with E-state index >= 15 is 0 Å². The molecule has 0 fully saturated rings. The Kier molecular flexibility index (Phi) is 6.27. The number of hydrogen-bond donors (Lipinski definition) is 3. The molecule has 19 heavy (non-hydrogen) atoms. The quantitative estimate of drug-likeness (QED) is 0.647. The van der Waals surface area contributed by atoms with E-state index in [1.807, 2.05) is 25.9 Å². The maximum Gasteiger partial charge on any atom is 0.231 e. The van der Waals surface area contributed by atoms with Crippen LogP contribution in [-0.4, -0.2) is 53.3 Å². The minimum atomic E-state index is -0.397. The third-order valence-corrected chi connectivity index (χ3v) is 2.52. The number of rotatable bonds is 8. The zero-order valence-corrected chi connectivity index (χ0v) is 12.1. The molecule has 3 N–H and O–H groups in total. The minimum Gasteiger partial charge on any atom is -0.391 e. The number of aliphatic hydroxyl groups is 1. The first-order chi connectivity index (χ1) is 9.06. The van der Waals surface area contributed by atoms with Gasteiger partial charge in [-0.3, -0.25) is 0 Å². The molecule has 0 aliphatic heterocycles. The molecule has 0 spiro atoms. The zero-order valence-electron chi connectivity index (χ0n) is 12.1. The minimum absolute atomic E-state index is 0.397. The largest absolute Gasteiger partial charge is 0.391 e. The van der Waals surface area contributed by atoms with Gasteiger partial charge in [-0.05, 0) is 12.8 Å². The van der Waals surface area contributed by atoms with Crippen LogP contribution in [-0.2, 0) is 0 Å². The van der Waals surface area contributed by atoms with E-state index < -0.39 is 6.10 Å². The zero-order chi connectivity index (χ0) is 14.3. The van der Waals surface area contributed by atoms with Gasteiger partial charge in [0.05, 0.1) is 6.10 Å². The lowest BCUT2D eigenvalue weighted by molar-refractivity contribution is 0.183. The lowest BCUT2D eigenvalue weighted by Crippen LogP contribution is -2.22. The highest BCUT2D eigenvalue weighted by atomic mass is 16.3. The van der Waals surface area contributed by atoms with Crippen molar-refractivity contribution < 1.29 is 5.11 Å². The maximum absolute atomic E-state index is 9.55. The second kappa shape index (κ2) is 7.73. The van der Waals surface area contributed by atoms with Gasteiger partial charge in [-0.2, -0.15) is 15.0 Å². The van der Waals surface area contributed by atoms with Gasteiger partial charge in [-0.15, -0.1) is 0 Å². The van der Waals surface area contributed by atoms with Gasteiger partial charge < -0.3 is 20.6 Å². The Bertz CT molecular complexity index is 384. The molecule has 0 saturated heterocycles. The van der Waals surface area contributed by atoms with Crippen molar-refractivity contribution in [3.63, 3.8) is 0 Å². The molecule has 1 unspecified atom stereocenters. The van der Waals surface area contributed by atoms with Crippen LogP contribution in [0.3, 0.4) is 0 Å². The number of aliphatic hydroxyl groups excluding tert-OH is 1. The topological polar surface area (TPSA) is 86.2 Å². The van der Waals surface area contributed by atoms with Gasteiger partial charge in [0.2, 0.25) is 17.8 Å². The predicted molar refractivity (Wildman–Crippen MR) is 77.7 cm³/mol. The summed E-state index contributed by atoms with van der Waals surface area (Å²) in [6.07, 6.45) is 1.30. The molecule has 1 aromatic rings. The molecule has 1 atom stereocenters. The summed E-state index contributed by atoms with van der Waals surface area (Å²) in [5.41, 5.74) is 0. The normalized spacial score (nSPS) is 12.1. The van der Waals surface area contributed by atoms with E-state index in [1.54, 1.807) is 0 Å². The molecular weight excluding hydrogens is 244 g/mol. The molecule has 0 aliphatic rings. The van der Waals surface area contributed by atoms with E-state index in [4.69, 9.17) is 0 Å². The predicted octanol–water partition coefficient (Wildman–Crippen LogP) is 0.942. The molecule has 1 heterocycles. The van der Waals surface area contributed by atoms with E-state index in [2.05, 4.69) is 32.5 Å². The first-order valence-electron chi connectivity index (χ1n) is 6.66. The molecule has 0 amide bonds. The Hall–Kier alpha value is -1.63. The van der Waals surface area contributed by atoms with Crippen LogP contribution in [0.25, 0.3) is 0 Å². The summed E-state index contributed by atoms with van der Waals surface area (Å²) in [7, 11) is 3.76. The van der Waals surface area contributed by atoms with E-state index in [-0.39, 0.29) is 0 Å². The number of aromatic nitrogens is 3. The fraction of sp³-hybridized carbons (Fsp3) is 0.750. The van der Waals surface area contributed by atoms with Crippen LogP contribution < -0.4 is 15.5 Å². The number of nitrogens with zero attached hydrogens (tertiary/aromatic N) is 4. The van der Waals surface area contributed by atoms with Gasteiger partial charge in [-0.25, -0.2) is 0 Å². The highest BCUT2D eigenvalue weighted by Gasteiger charge is 2.08. The van der Waals surface area contributed by atoms with E-state index in [0.717, 1.165) is 13.0 Å². The molecule has 0 aliphatic carbocycles. The van der Waals surface area contributed by atoms with Crippen molar-refractivity contribution in [1.82, 2.24) is 15.0 Å². The Labute approximate surface area is 114 Å². The molecule has 108 valence electrons. The molecule has 0 aromatic carbocycles. The lowest BCUT2D eigenvalue weighted by Gasteiger charge is -2.15. The van der Waals surface area contributed by atoms with Crippen molar-refractivity contribution in [2.45, 2.75) is 32.8 Å². The van der Waals surface area contributed by atoms with E-state index in [9.17, 15) is 5.11 Å². The molecular formula is C12H24N6O. The van der Waals surface area contributed by atoms with Crippen molar-refractivity contribution in [2.75, 3.05) is 42.7 Å². The number of hydrogen-bond acceptors (Lipinski definition) is 7. The van der Waals surface area contributed by atoms with E-state index in [1.165, 1.54) is 0 Å². The van der Waals surface area contributed by atoms with Gasteiger partial charge in [0.15, 0.2) is 0 Å². The van der Waals surface area contributed by atoms with Crippen LogP contribution in [0, 0.1) is 0 Å². The maximum atomic E-state index is 9.55. The molecule has 0 radical (unpaired) electrons. The first-order valence-corrected chi connectivity index (χ1v) is 6.66. The summed E-state index contributed by atoms with van der Waals surface area (Å²) < 4.78 is 0. The van der Waals surface area contributed by atoms with Gasteiger partial charge >= 0.3 is 0 Å².